The lowest BCUT2D eigenvalue weighted by atomic mass is 10.1. The first-order valence-electron chi connectivity index (χ1n) is 8.21. The highest BCUT2D eigenvalue weighted by Crippen LogP contribution is 2.14. The molecule has 0 spiro atoms. The summed E-state index contributed by atoms with van der Waals surface area (Å²) < 4.78 is 0. The number of nitrogens with one attached hydrogen (secondary N) is 2. The lowest BCUT2D eigenvalue weighted by Gasteiger charge is -2.07. The second kappa shape index (κ2) is 8.35. The average Bonchev–Trinajstić information content (AvgIpc) is 3.17. The van der Waals surface area contributed by atoms with Gasteiger partial charge in [-0.15, -0.1) is 10.2 Å². The SMILES string of the molecule is CCc1nnc(C(=O)Nc2ccc(C(=O)NCc3ccccc3)cc2)s1. The van der Waals surface area contributed by atoms with E-state index in [-0.39, 0.29) is 11.8 Å². The van der Waals surface area contributed by atoms with Crippen molar-refractivity contribution < 1.29 is 9.59 Å². The number of benzene rings is 2. The van der Waals surface area contributed by atoms with Crippen LogP contribution in [0.2, 0.25) is 0 Å². The standard InChI is InChI=1S/C19H18N4O2S/c1-2-16-22-23-19(26-16)18(25)21-15-10-8-14(9-11-15)17(24)20-12-13-6-4-3-5-7-13/h3-11H,2,12H2,1H3,(H,20,24)(H,21,25). The van der Waals surface area contributed by atoms with Crippen molar-refractivity contribution in [2.24, 2.45) is 0 Å². The topological polar surface area (TPSA) is 84.0 Å². The Balaban J connectivity index is 1.57. The van der Waals surface area contributed by atoms with E-state index in [2.05, 4.69) is 20.8 Å². The molecule has 2 N–H and O–H groups in total. The molecule has 132 valence electrons. The molecule has 0 saturated carbocycles. The van der Waals surface area contributed by atoms with E-state index in [9.17, 15) is 9.59 Å². The highest BCUT2D eigenvalue weighted by molar-refractivity contribution is 7.13. The van der Waals surface area contributed by atoms with E-state index in [4.69, 9.17) is 0 Å². The van der Waals surface area contributed by atoms with Crippen LogP contribution in [0.3, 0.4) is 0 Å². The van der Waals surface area contributed by atoms with Gasteiger partial charge in [0.25, 0.3) is 11.8 Å². The van der Waals surface area contributed by atoms with Crippen LogP contribution in [0.25, 0.3) is 0 Å². The number of aromatic nitrogens is 2. The van der Waals surface area contributed by atoms with Crippen molar-refractivity contribution in [2.75, 3.05) is 5.32 Å². The molecule has 3 rings (SSSR count). The molecule has 0 aliphatic rings. The highest BCUT2D eigenvalue weighted by Gasteiger charge is 2.13. The van der Waals surface area contributed by atoms with E-state index < -0.39 is 0 Å². The fourth-order valence-electron chi connectivity index (χ4n) is 2.26. The predicted octanol–water partition coefficient (Wildman–Crippen LogP) is 3.28. The second-order valence-electron chi connectivity index (χ2n) is 5.55. The molecule has 1 heterocycles. The van der Waals surface area contributed by atoms with E-state index in [0.29, 0.717) is 22.8 Å². The minimum Gasteiger partial charge on any atom is -0.348 e. The first-order valence-corrected chi connectivity index (χ1v) is 9.03. The number of hydrogen-bond donors (Lipinski definition) is 2. The monoisotopic (exact) mass is 366 g/mol. The number of carbonyl (C=O) groups is 2. The molecule has 0 unspecified atom stereocenters. The van der Waals surface area contributed by atoms with Gasteiger partial charge in [0, 0.05) is 17.8 Å². The molecule has 0 bridgehead atoms. The van der Waals surface area contributed by atoms with Crippen molar-refractivity contribution in [3.63, 3.8) is 0 Å². The van der Waals surface area contributed by atoms with Crippen molar-refractivity contribution >= 4 is 28.8 Å². The number of carbonyl (C=O) groups excluding carboxylic acids is 2. The summed E-state index contributed by atoms with van der Waals surface area (Å²) >= 11 is 1.27. The Morgan fingerprint density at radius 1 is 0.962 bits per heavy atom. The third kappa shape index (κ3) is 4.52. The minimum atomic E-state index is -0.302. The Morgan fingerprint density at radius 3 is 2.35 bits per heavy atom. The third-order valence-corrected chi connectivity index (χ3v) is 4.73. The Morgan fingerprint density at radius 2 is 1.69 bits per heavy atom. The molecule has 0 atom stereocenters. The van der Waals surface area contributed by atoms with E-state index in [0.717, 1.165) is 17.0 Å². The number of anilines is 1. The van der Waals surface area contributed by atoms with Gasteiger partial charge in [-0.2, -0.15) is 0 Å². The van der Waals surface area contributed by atoms with Gasteiger partial charge in [0.15, 0.2) is 0 Å². The normalized spacial score (nSPS) is 10.3. The quantitative estimate of drug-likeness (QED) is 0.701. The molecule has 0 fully saturated rings. The van der Waals surface area contributed by atoms with Crippen molar-refractivity contribution in [1.82, 2.24) is 15.5 Å². The van der Waals surface area contributed by atoms with Gasteiger partial charge in [0.1, 0.15) is 5.01 Å². The molecule has 7 heteroatoms. The Labute approximate surface area is 155 Å². The van der Waals surface area contributed by atoms with Crippen LogP contribution < -0.4 is 10.6 Å². The van der Waals surface area contributed by atoms with Crippen LogP contribution in [-0.4, -0.2) is 22.0 Å². The fourth-order valence-corrected chi connectivity index (χ4v) is 2.93. The summed E-state index contributed by atoms with van der Waals surface area (Å²) in [4.78, 5) is 24.3. The van der Waals surface area contributed by atoms with Gasteiger partial charge in [0.2, 0.25) is 5.01 Å². The van der Waals surface area contributed by atoms with Gasteiger partial charge in [-0.25, -0.2) is 0 Å². The first-order chi connectivity index (χ1) is 12.7. The zero-order valence-corrected chi connectivity index (χ0v) is 15.0. The average molecular weight is 366 g/mol. The van der Waals surface area contributed by atoms with Crippen LogP contribution >= 0.6 is 11.3 Å². The summed E-state index contributed by atoms with van der Waals surface area (Å²) in [5, 5.41) is 14.6. The summed E-state index contributed by atoms with van der Waals surface area (Å²) in [6, 6.07) is 16.4. The highest BCUT2D eigenvalue weighted by atomic mass is 32.1. The molecular formula is C19H18N4O2S. The number of aryl methyl sites for hydroxylation is 1. The largest absolute Gasteiger partial charge is 0.348 e. The fraction of sp³-hybridized carbons (Fsp3) is 0.158. The summed E-state index contributed by atoms with van der Waals surface area (Å²) in [5.41, 5.74) is 2.17. The van der Waals surface area contributed by atoms with Crippen LogP contribution in [0.4, 0.5) is 5.69 Å². The van der Waals surface area contributed by atoms with Crippen molar-refractivity contribution in [2.45, 2.75) is 19.9 Å². The number of amides is 2. The van der Waals surface area contributed by atoms with E-state index in [1.54, 1.807) is 24.3 Å². The van der Waals surface area contributed by atoms with Crippen molar-refractivity contribution in [3.8, 4) is 0 Å². The van der Waals surface area contributed by atoms with Crippen LogP contribution in [0.5, 0.6) is 0 Å². The molecule has 3 aromatic rings. The maximum absolute atomic E-state index is 12.2. The maximum Gasteiger partial charge on any atom is 0.286 e. The second-order valence-corrected chi connectivity index (χ2v) is 6.62. The van der Waals surface area contributed by atoms with E-state index in [1.807, 2.05) is 37.3 Å². The molecule has 6 nitrogen and oxygen atoms in total. The van der Waals surface area contributed by atoms with Gasteiger partial charge >= 0.3 is 0 Å². The van der Waals surface area contributed by atoms with Gasteiger partial charge < -0.3 is 10.6 Å². The molecule has 0 aliphatic heterocycles. The zero-order valence-electron chi connectivity index (χ0n) is 14.2. The lowest BCUT2D eigenvalue weighted by Crippen LogP contribution is -2.22. The van der Waals surface area contributed by atoms with E-state index in [1.165, 1.54) is 11.3 Å². The number of rotatable bonds is 6. The molecule has 0 aliphatic carbocycles. The minimum absolute atomic E-state index is 0.163. The van der Waals surface area contributed by atoms with Crippen LogP contribution in [0, 0.1) is 0 Å². The van der Waals surface area contributed by atoms with Gasteiger partial charge in [-0.05, 0) is 36.2 Å². The van der Waals surface area contributed by atoms with Crippen molar-refractivity contribution in [3.05, 3.63) is 75.7 Å². The van der Waals surface area contributed by atoms with Gasteiger partial charge in [-0.3, -0.25) is 9.59 Å². The molecule has 0 radical (unpaired) electrons. The van der Waals surface area contributed by atoms with Crippen LogP contribution in [-0.2, 0) is 13.0 Å². The van der Waals surface area contributed by atoms with Crippen LogP contribution in [0.1, 0.15) is 37.7 Å². The molecule has 26 heavy (non-hydrogen) atoms. The summed E-state index contributed by atoms with van der Waals surface area (Å²) in [7, 11) is 0. The van der Waals surface area contributed by atoms with Gasteiger partial charge in [0.05, 0.1) is 0 Å². The predicted molar refractivity (Wildman–Crippen MR) is 101 cm³/mol. The van der Waals surface area contributed by atoms with Gasteiger partial charge in [-0.1, -0.05) is 48.6 Å². The van der Waals surface area contributed by atoms with Crippen LogP contribution in [0.15, 0.2) is 54.6 Å². The zero-order chi connectivity index (χ0) is 18.4. The summed E-state index contributed by atoms with van der Waals surface area (Å²) in [6.45, 7) is 2.43. The summed E-state index contributed by atoms with van der Waals surface area (Å²) in [5.74, 6) is -0.466. The molecule has 1 aromatic heterocycles. The Kier molecular flexibility index (Phi) is 5.70. The third-order valence-electron chi connectivity index (χ3n) is 3.66. The molecular weight excluding hydrogens is 348 g/mol. The number of nitrogens with zero attached hydrogens (tertiary/aromatic N) is 2. The lowest BCUT2D eigenvalue weighted by molar-refractivity contribution is 0.0950. The molecule has 0 saturated heterocycles. The van der Waals surface area contributed by atoms with E-state index >= 15 is 0 Å². The molecule has 2 aromatic carbocycles. The van der Waals surface area contributed by atoms with Crippen molar-refractivity contribution in [1.29, 1.82) is 0 Å². The first kappa shape index (κ1) is 17.8. The number of hydrogen-bond acceptors (Lipinski definition) is 5. The smallest absolute Gasteiger partial charge is 0.286 e. The molecule has 2 amide bonds. The maximum atomic E-state index is 12.2. The Bertz CT molecular complexity index is 891. The Hall–Kier alpha value is -3.06. The summed E-state index contributed by atoms with van der Waals surface area (Å²) in [6.07, 6.45) is 0.748.